The van der Waals surface area contributed by atoms with Gasteiger partial charge in [0.15, 0.2) is 0 Å². The molecule has 3 rings (SSSR count). The van der Waals surface area contributed by atoms with Crippen molar-refractivity contribution in [3.05, 3.63) is 29.8 Å². The Kier molecular flexibility index (Phi) is 7.13. The van der Waals surface area contributed by atoms with Crippen LogP contribution in [0.1, 0.15) is 51.0 Å². The van der Waals surface area contributed by atoms with Gasteiger partial charge >= 0.3 is 0 Å². The lowest BCUT2D eigenvalue weighted by Crippen LogP contribution is -2.48. The third kappa shape index (κ3) is 4.21. The number of ether oxygens (including phenoxy) is 2. The van der Waals surface area contributed by atoms with Crippen molar-refractivity contribution in [3.63, 3.8) is 0 Å². The number of hydrogen-bond acceptors (Lipinski definition) is 5. The van der Waals surface area contributed by atoms with Gasteiger partial charge in [0.1, 0.15) is 5.75 Å². The lowest BCUT2D eigenvalue weighted by molar-refractivity contribution is -0.144. The zero-order chi connectivity index (χ0) is 21.7. The summed E-state index contributed by atoms with van der Waals surface area (Å²) in [5.74, 6) is -0.0481. The molecule has 7 nitrogen and oxygen atoms in total. The lowest BCUT2D eigenvalue weighted by atomic mass is 9.75. The van der Waals surface area contributed by atoms with E-state index >= 15 is 0 Å². The van der Waals surface area contributed by atoms with Gasteiger partial charge in [0.25, 0.3) is 0 Å². The van der Waals surface area contributed by atoms with E-state index in [0.29, 0.717) is 17.9 Å². The predicted octanol–water partition coefficient (Wildman–Crippen LogP) is 2.52. The van der Waals surface area contributed by atoms with E-state index in [9.17, 15) is 14.4 Å². The summed E-state index contributed by atoms with van der Waals surface area (Å²) in [4.78, 5) is 42.9. The number of rotatable bonds is 8. The lowest BCUT2D eigenvalue weighted by Gasteiger charge is -2.37. The molecule has 0 saturated carbocycles. The Morgan fingerprint density at radius 2 is 2.03 bits per heavy atom. The van der Waals surface area contributed by atoms with E-state index in [4.69, 9.17) is 9.47 Å². The van der Waals surface area contributed by atoms with Gasteiger partial charge in [-0.2, -0.15) is 0 Å². The number of benzene rings is 1. The molecule has 2 atom stereocenters. The third-order valence-corrected chi connectivity index (χ3v) is 6.42. The Labute approximate surface area is 178 Å². The van der Waals surface area contributed by atoms with Crippen LogP contribution >= 0.6 is 0 Å². The van der Waals surface area contributed by atoms with Crippen molar-refractivity contribution in [2.75, 3.05) is 33.9 Å². The molecule has 7 heteroatoms. The molecule has 0 aromatic heterocycles. The van der Waals surface area contributed by atoms with Gasteiger partial charge in [-0.1, -0.05) is 19.1 Å². The summed E-state index contributed by atoms with van der Waals surface area (Å²) >= 11 is 0. The van der Waals surface area contributed by atoms with Crippen molar-refractivity contribution >= 4 is 17.7 Å². The smallest absolute Gasteiger partial charge is 0.240 e. The van der Waals surface area contributed by atoms with Gasteiger partial charge in [0, 0.05) is 32.5 Å². The maximum absolute atomic E-state index is 13.6. The molecule has 0 radical (unpaired) electrons. The highest BCUT2D eigenvalue weighted by atomic mass is 16.5. The van der Waals surface area contributed by atoms with E-state index in [1.807, 2.05) is 11.0 Å². The van der Waals surface area contributed by atoms with Gasteiger partial charge in [-0.15, -0.1) is 0 Å². The Balaban J connectivity index is 1.97. The molecule has 1 aromatic rings. The average molecular weight is 417 g/mol. The minimum Gasteiger partial charge on any atom is -0.497 e. The van der Waals surface area contributed by atoms with Gasteiger partial charge in [-0.25, -0.2) is 0 Å². The van der Waals surface area contributed by atoms with Crippen LogP contribution in [0.4, 0.5) is 0 Å². The summed E-state index contributed by atoms with van der Waals surface area (Å²) in [6.45, 7) is 3.25. The Bertz CT molecular complexity index is 796. The first kappa shape index (κ1) is 22.3. The largest absolute Gasteiger partial charge is 0.497 e. The summed E-state index contributed by atoms with van der Waals surface area (Å²) < 4.78 is 10.4. The highest BCUT2D eigenvalue weighted by Crippen LogP contribution is 2.41. The van der Waals surface area contributed by atoms with Crippen LogP contribution in [0.15, 0.2) is 24.3 Å². The van der Waals surface area contributed by atoms with Crippen molar-refractivity contribution < 1.29 is 23.9 Å². The second-order valence-electron chi connectivity index (χ2n) is 8.16. The van der Waals surface area contributed by atoms with Crippen LogP contribution in [-0.2, 0) is 24.5 Å². The van der Waals surface area contributed by atoms with Crippen LogP contribution in [0.2, 0.25) is 0 Å². The highest BCUT2D eigenvalue weighted by molar-refractivity contribution is 6.10. The Morgan fingerprint density at radius 1 is 1.23 bits per heavy atom. The molecule has 0 unspecified atom stereocenters. The number of nitrogens with zero attached hydrogens (tertiary/aromatic N) is 2. The van der Waals surface area contributed by atoms with Gasteiger partial charge in [0.2, 0.25) is 17.7 Å². The average Bonchev–Trinajstić information content (AvgIpc) is 3.01. The fraction of sp³-hybridized carbons (Fsp3) is 0.609. The highest BCUT2D eigenvalue weighted by Gasteiger charge is 2.54. The molecule has 0 N–H and O–H groups in total. The first-order valence-electron chi connectivity index (χ1n) is 10.7. The van der Waals surface area contributed by atoms with Gasteiger partial charge in [-0.05, 0) is 43.4 Å². The summed E-state index contributed by atoms with van der Waals surface area (Å²) in [6.07, 6.45) is 3.95. The van der Waals surface area contributed by atoms with Crippen LogP contribution in [-0.4, -0.2) is 67.5 Å². The van der Waals surface area contributed by atoms with Gasteiger partial charge < -0.3 is 14.4 Å². The van der Waals surface area contributed by atoms with Crippen molar-refractivity contribution in [1.82, 2.24) is 9.80 Å². The number of carbonyl (C=O) groups is 3. The molecule has 1 aromatic carbocycles. The summed E-state index contributed by atoms with van der Waals surface area (Å²) in [5, 5.41) is 0. The predicted molar refractivity (Wildman–Crippen MR) is 112 cm³/mol. The standard InChI is InChI=1S/C23H32N2O5/c1-4-18-9-5-6-11-24(18)20(26)15-23(17-8-7-10-19(14-17)30-3)16-21(27)25(22(23)28)12-13-29-2/h7-8,10,14,18H,4-6,9,11-13,15-16H2,1-3H3/t18-,23-/m0/s1. The fourth-order valence-electron chi connectivity index (χ4n) is 4.71. The molecule has 0 bridgehead atoms. The molecule has 2 aliphatic heterocycles. The maximum Gasteiger partial charge on any atom is 0.240 e. The SMILES string of the molecule is CC[C@H]1CCCCN1C(=O)C[C@@]1(c2cccc(OC)c2)CC(=O)N(CCOC)C1=O. The zero-order valence-electron chi connectivity index (χ0n) is 18.2. The monoisotopic (exact) mass is 416 g/mol. The molecule has 30 heavy (non-hydrogen) atoms. The number of imide groups is 1. The molecular weight excluding hydrogens is 384 g/mol. The van der Waals surface area contributed by atoms with E-state index in [-0.39, 0.29) is 49.8 Å². The quantitative estimate of drug-likeness (QED) is 0.609. The van der Waals surface area contributed by atoms with E-state index in [2.05, 4.69) is 6.92 Å². The number of piperidine rings is 1. The van der Waals surface area contributed by atoms with Gasteiger partial charge in [-0.3, -0.25) is 19.3 Å². The van der Waals surface area contributed by atoms with Crippen molar-refractivity contribution in [2.45, 2.75) is 56.9 Å². The van der Waals surface area contributed by atoms with E-state index in [1.165, 1.54) is 12.0 Å². The van der Waals surface area contributed by atoms with Crippen LogP contribution < -0.4 is 4.74 Å². The minimum atomic E-state index is -1.20. The number of hydrogen-bond donors (Lipinski definition) is 0. The number of carbonyl (C=O) groups excluding carboxylic acids is 3. The molecule has 2 heterocycles. The van der Waals surface area contributed by atoms with Crippen molar-refractivity contribution in [3.8, 4) is 5.75 Å². The van der Waals surface area contributed by atoms with Crippen molar-refractivity contribution in [1.29, 1.82) is 0 Å². The van der Waals surface area contributed by atoms with Gasteiger partial charge in [0.05, 0.1) is 25.7 Å². The maximum atomic E-state index is 13.6. The third-order valence-electron chi connectivity index (χ3n) is 6.42. The van der Waals surface area contributed by atoms with E-state index in [0.717, 1.165) is 25.7 Å². The first-order chi connectivity index (χ1) is 14.5. The number of amides is 3. The summed E-state index contributed by atoms with van der Waals surface area (Å²) in [7, 11) is 3.09. The van der Waals surface area contributed by atoms with Crippen LogP contribution in [0.5, 0.6) is 5.75 Å². The number of methoxy groups -OCH3 is 2. The molecule has 0 aliphatic carbocycles. The zero-order valence-corrected chi connectivity index (χ0v) is 18.2. The van der Waals surface area contributed by atoms with Crippen LogP contribution in [0, 0.1) is 0 Å². The minimum absolute atomic E-state index is 0.00920. The molecule has 0 spiro atoms. The fourth-order valence-corrected chi connectivity index (χ4v) is 4.71. The second-order valence-corrected chi connectivity index (χ2v) is 8.16. The summed E-state index contributed by atoms with van der Waals surface area (Å²) in [6, 6.07) is 7.37. The van der Waals surface area contributed by atoms with Crippen molar-refractivity contribution in [2.24, 2.45) is 0 Å². The van der Waals surface area contributed by atoms with E-state index < -0.39 is 5.41 Å². The second kappa shape index (κ2) is 9.60. The Morgan fingerprint density at radius 3 is 2.73 bits per heavy atom. The number of likely N-dealkylation sites (tertiary alicyclic amines) is 2. The first-order valence-corrected chi connectivity index (χ1v) is 10.7. The normalized spacial score (nSPS) is 24.4. The molecule has 2 fully saturated rings. The molecule has 2 saturated heterocycles. The molecule has 164 valence electrons. The molecule has 3 amide bonds. The summed E-state index contributed by atoms with van der Waals surface area (Å²) in [5.41, 5.74) is -0.551. The van der Waals surface area contributed by atoms with E-state index in [1.54, 1.807) is 25.3 Å². The van der Waals surface area contributed by atoms with Crippen LogP contribution in [0.25, 0.3) is 0 Å². The van der Waals surface area contributed by atoms with Crippen LogP contribution in [0.3, 0.4) is 0 Å². The topological polar surface area (TPSA) is 76.2 Å². The molecule has 2 aliphatic rings. The molecular formula is C23H32N2O5. The Hall–Kier alpha value is -2.41.